The standard InChI is InChI=1S/C18H18ClN3O4/c19-12-1-2-13(15(9-12)22(24)25)16-3-4-17(26-16)18(23)20-14-10-21-7-5-11(14)6-8-21/h1-4,9,11,14H,5-8,10H2,(H,20,23). The van der Waals surface area contributed by atoms with Gasteiger partial charge in [-0.2, -0.15) is 0 Å². The van der Waals surface area contributed by atoms with E-state index >= 15 is 0 Å². The highest BCUT2D eigenvalue weighted by molar-refractivity contribution is 6.30. The lowest BCUT2D eigenvalue weighted by Gasteiger charge is -2.44. The Labute approximate surface area is 155 Å². The van der Waals surface area contributed by atoms with Crippen molar-refractivity contribution in [1.29, 1.82) is 0 Å². The number of carbonyl (C=O) groups excluding carboxylic acids is 1. The summed E-state index contributed by atoms with van der Waals surface area (Å²) < 4.78 is 5.61. The summed E-state index contributed by atoms with van der Waals surface area (Å²) in [5.74, 6) is 0.649. The second-order valence-corrected chi connectivity index (χ2v) is 7.24. The van der Waals surface area contributed by atoms with Crippen LogP contribution in [0.3, 0.4) is 0 Å². The Bertz CT molecular complexity index is 858. The number of amides is 1. The van der Waals surface area contributed by atoms with Crippen molar-refractivity contribution in [1.82, 2.24) is 10.2 Å². The molecule has 2 bridgehead atoms. The van der Waals surface area contributed by atoms with E-state index in [9.17, 15) is 14.9 Å². The third-order valence-corrected chi connectivity index (χ3v) is 5.46. The van der Waals surface area contributed by atoms with Gasteiger partial charge in [0.25, 0.3) is 11.6 Å². The van der Waals surface area contributed by atoms with Crippen molar-refractivity contribution in [3.8, 4) is 11.3 Å². The Balaban J connectivity index is 1.53. The number of hydrogen-bond acceptors (Lipinski definition) is 5. The molecule has 7 nitrogen and oxygen atoms in total. The summed E-state index contributed by atoms with van der Waals surface area (Å²) in [5, 5.41) is 14.6. The quantitative estimate of drug-likeness (QED) is 0.654. The van der Waals surface area contributed by atoms with Gasteiger partial charge >= 0.3 is 0 Å². The van der Waals surface area contributed by atoms with Gasteiger partial charge in [-0.1, -0.05) is 11.6 Å². The first kappa shape index (κ1) is 17.1. The number of halogens is 1. The summed E-state index contributed by atoms with van der Waals surface area (Å²) in [7, 11) is 0. The first-order valence-corrected chi connectivity index (χ1v) is 8.96. The lowest BCUT2D eigenvalue weighted by atomic mass is 9.84. The van der Waals surface area contributed by atoms with E-state index in [4.69, 9.17) is 16.0 Å². The van der Waals surface area contributed by atoms with E-state index in [1.54, 1.807) is 18.2 Å². The summed E-state index contributed by atoms with van der Waals surface area (Å²) in [5.41, 5.74) is 0.137. The summed E-state index contributed by atoms with van der Waals surface area (Å²) in [6.45, 7) is 3.07. The number of nitro groups is 1. The van der Waals surface area contributed by atoms with Crippen LogP contribution in [0.2, 0.25) is 5.02 Å². The molecule has 3 aliphatic heterocycles. The number of nitrogens with one attached hydrogen (secondary N) is 1. The number of fused-ring (bicyclic) bond motifs is 3. The van der Waals surface area contributed by atoms with E-state index in [2.05, 4.69) is 10.2 Å². The van der Waals surface area contributed by atoms with E-state index in [0.29, 0.717) is 11.5 Å². The number of furan rings is 1. The maximum atomic E-state index is 12.5. The first-order chi connectivity index (χ1) is 12.5. The average Bonchev–Trinajstić information content (AvgIpc) is 3.12. The molecule has 1 N–H and O–H groups in total. The normalized spacial score (nSPS) is 24.4. The maximum absolute atomic E-state index is 12.5. The van der Waals surface area contributed by atoms with Crippen LogP contribution in [0, 0.1) is 16.0 Å². The molecule has 136 valence electrons. The molecule has 0 radical (unpaired) electrons. The monoisotopic (exact) mass is 375 g/mol. The van der Waals surface area contributed by atoms with Gasteiger partial charge in [-0.25, -0.2) is 0 Å². The van der Waals surface area contributed by atoms with E-state index < -0.39 is 4.92 Å². The third kappa shape index (κ3) is 3.20. The number of nitrogens with zero attached hydrogens (tertiary/aromatic N) is 2. The fraction of sp³-hybridized carbons (Fsp3) is 0.389. The Morgan fingerprint density at radius 1 is 1.27 bits per heavy atom. The summed E-state index contributed by atoms with van der Waals surface area (Å²) in [6.07, 6.45) is 2.21. The van der Waals surface area contributed by atoms with Crippen molar-refractivity contribution in [3.05, 3.63) is 51.2 Å². The van der Waals surface area contributed by atoms with Crippen LogP contribution in [-0.2, 0) is 0 Å². The predicted molar refractivity (Wildman–Crippen MR) is 96.2 cm³/mol. The van der Waals surface area contributed by atoms with Crippen LogP contribution in [0.25, 0.3) is 11.3 Å². The molecular formula is C18H18ClN3O4. The van der Waals surface area contributed by atoms with Crippen molar-refractivity contribution in [3.63, 3.8) is 0 Å². The van der Waals surface area contributed by atoms with Crippen LogP contribution in [0.5, 0.6) is 0 Å². The second-order valence-electron chi connectivity index (χ2n) is 6.80. The highest BCUT2D eigenvalue weighted by atomic mass is 35.5. The molecule has 3 fully saturated rings. The Morgan fingerprint density at radius 2 is 2.04 bits per heavy atom. The van der Waals surface area contributed by atoms with E-state index in [-0.39, 0.29) is 34.2 Å². The number of benzene rings is 1. The predicted octanol–water partition coefficient (Wildman–Crippen LogP) is 3.33. The molecular weight excluding hydrogens is 358 g/mol. The van der Waals surface area contributed by atoms with Crippen molar-refractivity contribution >= 4 is 23.2 Å². The van der Waals surface area contributed by atoms with Gasteiger partial charge in [0.05, 0.1) is 10.5 Å². The van der Waals surface area contributed by atoms with Crippen LogP contribution in [0.1, 0.15) is 23.4 Å². The SMILES string of the molecule is O=C(NC1CN2CCC1CC2)c1ccc(-c2ccc(Cl)cc2[N+](=O)[O-])o1. The van der Waals surface area contributed by atoms with Gasteiger partial charge in [0.1, 0.15) is 5.76 Å². The minimum absolute atomic E-state index is 0.128. The molecule has 4 heterocycles. The molecule has 8 heteroatoms. The lowest BCUT2D eigenvalue weighted by Crippen LogP contribution is -2.57. The van der Waals surface area contributed by atoms with Crippen molar-refractivity contribution in [2.24, 2.45) is 5.92 Å². The Hall–Kier alpha value is -2.38. The van der Waals surface area contributed by atoms with Crippen molar-refractivity contribution in [2.75, 3.05) is 19.6 Å². The number of nitro benzene ring substituents is 1. The average molecular weight is 376 g/mol. The van der Waals surface area contributed by atoms with Crippen LogP contribution < -0.4 is 5.32 Å². The smallest absolute Gasteiger partial charge is 0.287 e. The van der Waals surface area contributed by atoms with Gasteiger partial charge in [0.15, 0.2) is 5.76 Å². The zero-order valence-corrected chi connectivity index (χ0v) is 14.7. The van der Waals surface area contributed by atoms with Crippen LogP contribution in [0.15, 0.2) is 34.7 Å². The highest BCUT2D eigenvalue weighted by Gasteiger charge is 2.35. The minimum atomic E-state index is -0.517. The van der Waals surface area contributed by atoms with Gasteiger partial charge in [-0.15, -0.1) is 0 Å². The number of rotatable bonds is 4. The number of piperidine rings is 3. The van der Waals surface area contributed by atoms with E-state index in [1.165, 1.54) is 12.1 Å². The largest absolute Gasteiger partial charge is 0.451 e. The zero-order valence-electron chi connectivity index (χ0n) is 14.0. The van der Waals surface area contributed by atoms with E-state index in [1.807, 2.05) is 0 Å². The van der Waals surface area contributed by atoms with Crippen molar-refractivity contribution in [2.45, 2.75) is 18.9 Å². The summed E-state index contributed by atoms with van der Waals surface area (Å²) in [4.78, 5) is 25.6. The maximum Gasteiger partial charge on any atom is 0.287 e. The molecule has 26 heavy (non-hydrogen) atoms. The first-order valence-electron chi connectivity index (χ1n) is 8.58. The van der Waals surface area contributed by atoms with Crippen LogP contribution >= 0.6 is 11.6 Å². The molecule has 0 aliphatic carbocycles. The second kappa shape index (κ2) is 6.74. The molecule has 0 spiro atoms. The molecule has 3 saturated heterocycles. The molecule has 1 unspecified atom stereocenters. The lowest BCUT2D eigenvalue weighted by molar-refractivity contribution is -0.384. The van der Waals surface area contributed by atoms with Gasteiger partial charge in [-0.05, 0) is 56.1 Å². The molecule has 5 rings (SSSR count). The summed E-state index contributed by atoms with van der Waals surface area (Å²) in [6, 6.07) is 7.59. The molecule has 1 atom stereocenters. The molecule has 2 aromatic rings. The number of carbonyl (C=O) groups is 1. The fourth-order valence-electron chi connectivity index (χ4n) is 3.84. The minimum Gasteiger partial charge on any atom is -0.451 e. The van der Waals surface area contributed by atoms with Gasteiger partial charge in [0, 0.05) is 23.7 Å². The Morgan fingerprint density at radius 3 is 2.69 bits per heavy atom. The molecule has 1 aromatic heterocycles. The third-order valence-electron chi connectivity index (χ3n) is 5.22. The molecule has 3 aliphatic rings. The topological polar surface area (TPSA) is 88.6 Å². The zero-order chi connectivity index (χ0) is 18.3. The van der Waals surface area contributed by atoms with Crippen LogP contribution in [-0.4, -0.2) is 41.4 Å². The number of hydrogen-bond donors (Lipinski definition) is 1. The molecule has 1 amide bonds. The van der Waals surface area contributed by atoms with Crippen LogP contribution in [0.4, 0.5) is 5.69 Å². The van der Waals surface area contributed by atoms with E-state index in [0.717, 1.165) is 32.5 Å². The molecule has 1 aromatic carbocycles. The summed E-state index contributed by atoms with van der Waals surface area (Å²) >= 11 is 5.84. The molecule has 0 saturated carbocycles. The van der Waals surface area contributed by atoms with Gasteiger partial charge < -0.3 is 14.6 Å². The van der Waals surface area contributed by atoms with Crippen molar-refractivity contribution < 1.29 is 14.1 Å². The van der Waals surface area contributed by atoms with Gasteiger partial charge in [-0.3, -0.25) is 14.9 Å². The fourth-order valence-corrected chi connectivity index (χ4v) is 4.00. The Kier molecular flexibility index (Phi) is 4.42. The van der Waals surface area contributed by atoms with Gasteiger partial charge in [0.2, 0.25) is 0 Å². The highest BCUT2D eigenvalue weighted by Crippen LogP contribution is 2.33.